The molecule has 0 spiro atoms. The Morgan fingerprint density at radius 1 is 1.36 bits per heavy atom. The highest BCUT2D eigenvalue weighted by Gasteiger charge is 2.13. The maximum atomic E-state index is 11.9. The molecule has 0 radical (unpaired) electrons. The fourth-order valence-corrected chi connectivity index (χ4v) is 3.33. The summed E-state index contributed by atoms with van der Waals surface area (Å²) in [6, 6.07) is 1.47. The van der Waals surface area contributed by atoms with Gasteiger partial charge in [-0.2, -0.15) is 4.98 Å². The lowest BCUT2D eigenvalue weighted by atomic mass is 10.1. The number of carbonyl (C=O) groups is 1. The number of anilines is 1. The van der Waals surface area contributed by atoms with Crippen LogP contribution in [0.4, 0.5) is 9.93 Å². The van der Waals surface area contributed by atoms with Crippen molar-refractivity contribution in [3.05, 3.63) is 32.9 Å². The van der Waals surface area contributed by atoms with Crippen LogP contribution in [-0.4, -0.2) is 32.3 Å². The van der Waals surface area contributed by atoms with E-state index in [1.54, 1.807) is 6.92 Å². The van der Waals surface area contributed by atoms with E-state index in [9.17, 15) is 9.59 Å². The van der Waals surface area contributed by atoms with Gasteiger partial charge in [-0.15, -0.1) is 10.2 Å². The number of rotatable bonds is 7. The van der Waals surface area contributed by atoms with Gasteiger partial charge in [0, 0.05) is 30.4 Å². The van der Waals surface area contributed by atoms with Gasteiger partial charge in [-0.05, 0) is 26.3 Å². The summed E-state index contributed by atoms with van der Waals surface area (Å²) >= 11 is 1.39. The molecule has 0 saturated heterocycles. The molecule has 2 rings (SSSR count). The van der Waals surface area contributed by atoms with E-state index in [1.165, 1.54) is 15.9 Å². The van der Waals surface area contributed by atoms with Gasteiger partial charge in [0.25, 0.3) is 0 Å². The molecule has 0 aliphatic rings. The van der Waals surface area contributed by atoms with Crippen LogP contribution in [0.1, 0.15) is 49.0 Å². The first-order valence-electron chi connectivity index (χ1n) is 8.34. The lowest BCUT2D eigenvalue weighted by molar-refractivity contribution is 0.251. The topological polar surface area (TPSA) is 102 Å². The van der Waals surface area contributed by atoms with E-state index in [0.717, 1.165) is 23.5 Å². The zero-order valence-corrected chi connectivity index (χ0v) is 15.8. The maximum Gasteiger partial charge on any atom is 0.348 e. The number of hydrogen-bond acceptors (Lipinski definition) is 6. The SMILES string of the molecule is CCC[C@@H](C)c1nnc(NC(=O)NCCn2c(C)cc(C)nc2=O)s1. The Balaban J connectivity index is 1.84. The summed E-state index contributed by atoms with van der Waals surface area (Å²) in [5.74, 6) is 0.338. The standard InChI is InChI=1S/C16H24N6O2S/c1-5-6-10(2)13-20-21-15(25-13)19-14(23)17-7-8-22-12(4)9-11(3)18-16(22)24/h9-10H,5-8H2,1-4H3,(H2,17,19,21,23)/t10-/m1/s1. The van der Waals surface area contributed by atoms with Crippen molar-refractivity contribution in [1.82, 2.24) is 25.1 Å². The Bertz CT molecular complexity index is 785. The first-order chi connectivity index (χ1) is 11.9. The zero-order chi connectivity index (χ0) is 18.4. The molecule has 0 aliphatic carbocycles. The number of hydrogen-bond donors (Lipinski definition) is 2. The predicted molar refractivity (Wildman–Crippen MR) is 98.2 cm³/mol. The summed E-state index contributed by atoms with van der Waals surface area (Å²) in [5, 5.41) is 14.9. The normalized spacial score (nSPS) is 12.0. The van der Waals surface area contributed by atoms with Gasteiger partial charge in [-0.3, -0.25) is 9.88 Å². The molecule has 1 atom stereocenters. The molecule has 0 saturated carbocycles. The molecule has 25 heavy (non-hydrogen) atoms. The van der Waals surface area contributed by atoms with Gasteiger partial charge in [0.2, 0.25) is 5.13 Å². The predicted octanol–water partition coefficient (Wildman–Crippen LogP) is 2.44. The minimum absolute atomic E-state index is 0.307. The van der Waals surface area contributed by atoms with Gasteiger partial charge in [-0.25, -0.2) is 9.59 Å². The van der Waals surface area contributed by atoms with E-state index in [-0.39, 0.29) is 11.7 Å². The molecule has 0 fully saturated rings. The number of carbonyl (C=O) groups excluding carboxylic acids is 1. The van der Waals surface area contributed by atoms with Crippen LogP contribution >= 0.6 is 11.3 Å². The fraction of sp³-hybridized carbons (Fsp3) is 0.562. The molecule has 0 bridgehead atoms. The third-order valence-electron chi connectivity index (χ3n) is 3.77. The molecule has 2 N–H and O–H groups in total. The second kappa shape index (κ2) is 8.70. The minimum atomic E-state index is -0.364. The van der Waals surface area contributed by atoms with Crippen molar-refractivity contribution in [2.75, 3.05) is 11.9 Å². The van der Waals surface area contributed by atoms with Crippen molar-refractivity contribution < 1.29 is 4.79 Å². The Labute approximate surface area is 150 Å². The van der Waals surface area contributed by atoms with Crippen LogP contribution in [0.2, 0.25) is 0 Å². The second-order valence-electron chi connectivity index (χ2n) is 5.99. The summed E-state index contributed by atoms with van der Waals surface area (Å²) in [6.07, 6.45) is 2.12. The molecule has 9 heteroatoms. The smallest absolute Gasteiger partial charge is 0.336 e. The minimum Gasteiger partial charge on any atom is -0.336 e. The molecule has 0 aromatic carbocycles. The van der Waals surface area contributed by atoms with Crippen molar-refractivity contribution in [2.45, 2.75) is 53.0 Å². The molecular formula is C16H24N6O2S. The monoisotopic (exact) mass is 364 g/mol. The van der Waals surface area contributed by atoms with Crippen LogP contribution in [0.25, 0.3) is 0 Å². The third-order valence-corrected chi connectivity index (χ3v) is 4.84. The lowest BCUT2D eigenvalue weighted by Crippen LogP contribution is -2.35. The van der Waals surface area contributed by atoms with Crippen LogP contribution in [0, 0.1) is 13.8 Å². The maximum absolute atomic E-state index is 11.9. The molecule has 2 aromatic heterocycles. The Morgan fingerprint density at radius 3 is 2.80 bits per heavy atom. The quantitative estimate of drug-likeness (QED) is 0.786. The van der Waals surface area contributed by atoms with Crippen LogP contribution in [0.3, 0.4) is 0 Å². The third kappa shape index (κ3) is 5.35. The highest BCUT2D eigenvalue weighted by atomic mass is 32.1. The fourth-order valence-electron chi connectivity index (χ4n) is 2.51. The number of nitrogens with one attached hydrogen (secondary N) is 2. The molecule has 2 amide bonds. The molecular weight excluding hydrogens is 340 g/mol. The largest absolute Gasteiger partial charge is 0.348 e. The summed E-state index contributed by atoms with van der Waals surface area (Å²) < 4.78 is 1.53. The van der Waals surface area contributed by atoms with Crippen LogP contribution < -0.4 is 16.3 Å². The van der Waals surface area contributed by atoms with Crippen LogP contribution in [0.5, 0.6) is 0 Å². The highest BCUT2D eigenvalue weighted by Crippen LogP contribution is 2.26. The van der Waals surface area contributed by atoms with Crippen molar-refractivity contribution >= 4 is 22.5 Å². The van der Waals surface area contributed by atoms with E-state index in [1.807, 2.05) is 13.0 Å². The second-order valence-corrected chi connectivity index (χ2v) is 7.00. The first-order valence-corrected chi connectivity index (χ1v) is 9.15. The Hall–Kier alpha value is -2.29. The van der Waals surface area contributed by atoms with E-state index in [2.05, 4.69) is 39.7 Å². The number of aryl methyl sites for hydroxylation is 2. The van der Waals surface area contributed by atoms with Gasteiger partial charge >= 0.3 is 11.7 Å². The molecule has 136 valence electrons. The molecule has 8 nitrogen and oxygen atoms in total. The van der Waals surface area contributed by atoms with Crippen molar-refractivity contribution in [3.63, 3.8) is 0 Å². The first kappa shape index (κ1) is 19.0. The van der Waals surface area contributed by atoms with Gasteiger partial charge in [0.05, 0.1) is 0 Å². The van der Waals surface area contributed by atoms with Gasteiger partial charge < -0.3 is 5.32 Å². The number of nitrogens with zero attached hydrogens (tertiary/aromatic N) is 4. The van der Waals surface area contributed by atoms with Crippen molar-refractivity contribution in [1.29, 1.82) is 0 Å². The molecule has 2 aromatic rings. The van der Waals surface area contributed by atoms with E-state index in [4.69, 9.17) is 0 Å². The number of amides is 2. The van der Waals surface area contributed by atoms with Gasteiger partial charge in [0.15, 0.2) is 0 Å². The van der Waals surface area contributed by atoms with Gasteiger partial charge in [0.1, 0.15) is 5.01 Å². The Morgan fingerprint density at radius 2 is 2.12 bits per heavy atom. The molecule has 2 heterocycles. The highest BCUT2D eigenvalue weighted by molar-refractivity contribution is 7.15. The Kier molecular flexibility index (Phi) is 6.63. The lowest BCUT2D eigenvalue weighted by Gasteiger charge is -2.10. The molecule has 0 aliphatic heterocycles. The molecule has 0 unspecified atom stereocenters. The average molecular weight is 364 g/mol. The van der Waals surface area contributed by atoms with Crippen LogP contribution in [0.15, 0.2) is 10.9 Å². The summed E-state index contributed by atoms with van der Waals surface area (Å²) in [5.41, 5.74) is 1.20. The van der Waals surface area contributed by atoms with E-state index < -0.39 is 0 Å². The van der Waals surface area contributed by atoms with Crippen molar-refractivity contribution in [3.8, 4) is 0 Å². The van der Waals surface area contributed by atoms with Crippen LogP contribution in [-0.2, 0) is 6.54 Å². The summed E-state index contributed by atoms with van der Waals surface area (Å²) in [4.78, 5) is 27.7. The number of aromatic nitrogens is 4. The zero-order valence-electron chi connectivity index (χ0n) is 15.0. The van der Waals surface area contributed by atoms with Gasteiger partial charge in [-0.1, -0.05) is 31.6 Å². The average Bonchev–Trinajstić information content (AvgIpc) is 2.98. The summed E-state index contributed by atoms with van der Waals surface area (Å²) in [7, 11) is 0. The van der Waals surface area contributed by atoms with E-state index >= 15 is 0 Å². The number of urea groups is 1. The van der Waals surface area contributed by atoms with E-state index in [0.29, 0.717) is 29.8 Å². The van der Waals surface area contributed by atoms with Crippen molar-refractivity contribution in [2.24, 2.45) is 0 Å². The summed E-state index contributed by atoms with van der Waals surface area (Å²) in [6.45, 7) is 8.53.